The van der Waals surface area contributed by atoms with Crippen molar-refractivity contribution in [1.29, 1.82) is 0 Å². The summed E-state index contributed by atoms with van der Waals surface area (Å²) < 4.78 is 11.8. The normalized spacial score (nSPS) is 17.8. The number of aliphatic hydroxyl groups excluding tert-OH is 1. The summed E-state index contributed by atoms with van der Waals surface area (Å²) in [4.78, 5) is 4.25. The molecule has 1 aromatic carbocycles. The highest BCUT2D eigenvalue weighted by Gasteiger charge is 2.31. The second-order valence-electron chi connectivity index (χ2n) is 5.46. The fraction of sp³-hybridized carbons (Fsp3) is 0.467. The van der Waals surface area contributed by atoms with E-state index in [1.54, 1.807) is 12.1 Å². The number of benzene rings is 1. The zero-order valence-electron chi connectivity index (χ0n) is 12.0. The first-order chi connectivity index (χ1) is 10.5. The fourth-order valence-corrected chi connectivity index (χ4v) is 3.02. The Balaban J connectivity index is 1.69. The minimum atomic E-state index is -0.682. The lowest BCUT2D eigenvalue weighted by Gasteiger charge is -2.27. The van der Waals surface area contributed by atoms with Gasteiger partial charge >= 0.3 is 0 Å². The monoisotopic (exact) mass is 386 g/mol. The van der Waals surface area contributed by atoms with E-state index in [9.17, 15) is 5.11 Å². The molecule has 1 heterocycles. The molecule has 1 aliphatic rings. The Morgan fingerprint density at radius 2 is 2.23 bits per heavy atom. The second kappa shape index (κ2) is 6.56. The Labute approximate surface area is 141 Å². The van der Waals surface area contributed by atoms with Crippen molar-refractivity contribution in [3.8, 4) is 5.75 Å². The molecule has 0 bridgehead atoms. The number of halogens is 2. The lowest BCUT2D eigenvalue weighted by molar-refractivity contribution is 0.0354. The van der Waals surface area contributed by atoms with E-state index < -0.39 is 12.2 Å². The summed E-state index contributed by atoms with van der Waals surface area (Å²) >= 11 is 9.47. The molecule has 1 aromatic heterocycles. The number of hydrogen-bond donors (Lipinski definition) is 1. The first kappa shape index (κ1) is 15.8. The molecule has 2 atom stereocenters. The summed E-state index contributed by atoms with van der Waals surface area (Å²) in [6, 6.07) is 5.37. The molecule has 2 unspecified atom stereocenters. The number of aromatic nitrogens is 2. The van der Waals surface area contributed by atoms with Gasteiger partial charge in [-0.25, -0.2) is 0 Å². The van der Waals surface area contributed by atoms with E-state index in [4.69, 9.17) is 20.9 Å². The van der Waals surface area contributed by atoms with Gasteiger partial charge in [0, 0.05) is 4.47 Å². The van der Waals surface area contributed by atoms with Crippen molar-refractivity contribution in [1.82, 2.24) is 10.1 Å². The molecule has 0 spiro atoms. The SMILES string of the molecule is CC(Oc1ccc(Br)cc1Cl)c1noc(C(O)C2CCC2)n1. The van der Waals surface area contributed by atoms with Crippen molar-refractivity contribution in [3.05, 3.63) is 39.4 Å². The summed E-state index contributed by atoms with van der Waals surface area (Å²) in [5.41, 5.74) is 0. The number of ether oxygens (including phenoxy) is 1. The minimum absolute atomic E-state index is 0.227. The predicted octanol–water partition coefficient (Wildman–Crippen LogP) is 4.46. The third-order valence-corrected chi connectivity index (χ3v) is 4.66. The van der Waals surface area contributed by atoms with Crippen molar-refractivity contribution in [2.24, 2.45) is 5.92 Å². The zero-order chi connectivity index (χ0) is 15.7. The molecule has 7 heteroatoms. The molecule has 3 rings (SSSR count). The Morgan fingerprint density at radius 3 is 2.86 bits per heavy atom. The van der Waals surface area contributed by atoms with Crippen molar-refractivity contribution >= 4 is 27.5 Å². The summed E-state index contributed by atoms with van der Waals surface area (Å²) in [5.74, 6) is 1.43. The van der Waals surface area contributed by atoms with Gasteiger partial charge in [-0.05, 0) is 43.9 Å². The molecule has 1 saturated carbocycles. The standard InChI is InChI=1S/C15H16BrClN2O3/c1-8(21-12-6-5-10(16)7-11(12)17)14-18-15(22-19-14)13(20)9-3-2-4-9/h5-9,13,20H,2-4H2,1H3. The van der Waals surface area contributed by atoms with Crippen LogP contribution in [0.1, 0.15) is 50.1 Å². The molecule has 5 nitrogen and oxygen atoms in total. The van der Waals surface area contributed by atoms with Gasteiger partial charge in [-0.3, -0.25) is 0 Å². The molecule has 2 aromatic rings. The summed E-state index contributed by atoms with van der Waals surface area (Å²) in [6.45, 7) is 1.81. The van der Waals surface area contributed by atoms with Gasteiger partial charge in [0.15, 0.2) is 6.10 Å². The van der Waals surface area contributed by atoms with Crippen molar-refractivity contribution in [2.75, 3.05) is 0 Å². The van der Waals surface area contributed by atoms with Crippen LogP contribution in [0.3, 0.4) is 0 Å². The number of rotatable bonds is 5. The number of aliphatic hydroxyl groups is 1. The molecule has 1 N–H and O–H groups in total. The van der Waals surface area contributed by atoms with Gasteiger partial charge in [0.25, 0.3) is 5.89 Å². The van der Waals surface area contributed by atoms with E-state index in [0.29, 0.717) is 16.6 Å². The molecule has 22 heavy (non-hydrogen) atoms. The van der Waals surface area contributed by atoms with Crippen LogP contribution in [0.5, 0.6) is 5.75 Å². The zero-order valence-corrected chi connectivity index (χ0v) is 14.3. The smallest absolute Gasteiger partial charge is 0.255 e. The van der Waals surface area contributed by atoms with E-state index in [0.717, 1.165) is 23.7 Å². The highest BCUT2D eigenvalue weighted by Crippen LogP contribution is 2.37. The third-order valence-electron chi connectivity index (χ3n) is 3.87. The molecular weight excluding hydrogens is 372 g/mol. The predicted molar refractivity (Wildman–Crippen MR) is 84.8 cm³/mol. The Morgan fingerprint density at radius 1 is 1.45 bits per heavy atom. The van der Waals surface area contributed by atoms with Gasteiger partial charge in [-0.2, -0.15) is 4.98 Å². The average molecular weight is 388 g/mol. The van der Waals surface area contributed by atoms with E-state index in [1.165, 1.54) is 0 Å². The summed E-state index contributed by atoms with van der Waals surface area (Å²) in [6.07, 6.45) is 2.03. The van der Waals surface area contributed by atoms with Crippen LogP contribution in [-0.2, 0) is 0 Å². The maximum absolute atomic E-state index is 10.1. The van der Waals surface area contributed by atoms with E-state index in [2.05, 4.69) is 26.1 Å². The Kier molecular flexibility index (Phi) is 4.70. The summed E-state index contributed by atoms with van der Waals surface area (Å²) in [5, 5.41) is 14.5. The van der Waals surface area contributed by atoms with Crippen LogP contribution in [-0.4, -0.2) is 15.2 Å². The second-order valence-corrected chi connectivity index (χ2v) is 6.78. The van der Waals surface area contributed by atoms with Gasteiger partial charge in [-0.15, -0.1) is 0 Å². The van der Waals surface area contributed by atoms with Crippen molar-refractivity contribution < 1.29 is 14.4 Å². The van der Waals surface area contributed by atoms with E-state index in [-0.39, 0.29) is 11.8 Å². The number of hydrogen-bond acceptors (Lipinski definition) is 5. The molecule has 118 valence electrons. The highest BCUT2D eigenvalue weighted by molar-refractivity contribution is 9.10. The lowest BCUT2D eigenvalue weighted by Crippen LogP contribution is -2.20. The average Bonchev–Trinajstić information content (AvgIpc) is 2.89. The van der Waals surface area contributed by atoms with E-state index >= 15 is 0 Å². The summed E-state index contributed by atoms with van der Waals surface area (Å²) in [7, 11) is 0. The van der Waals surface area contributed by atoms with E-state index in [1.807, 2.05) is 13.0 Å². The quantitative estimate of drug-likeness (QED) is 0.820. The van der Waals surface area contributed by atoms with Gasteiger partial charge < -0.3 is 14.4 Å². The topological polar surface area (TPSA) is 68.4 Å². The lowest BCUT2D eigenvalue weighted by atomic mass is 9.81. The Hall–Kier alpha value is -1.11. The van der Waals surface area contributed by atoms with Crippen molar-refractivity contribution in [2.45, 2.75) is 38.4 Å². The molecule has 0 radical (unpaired) electrons. The molecule has 0 aliphatic heterocycles. The van der Waals surface area contributed by atoms with Crippen LogP contribution < -0.4 is 4.74 Å². The van der Waals surface area contributed by atoms with Crippen LogP contribution in [0, 0.1) is 5.92 Å². The molecule has 1 aliphatic carbocycles. The largest absolute Gasteiger partial charge is 0.481 e. The van der Waals surface area contributed by atoms with Crippen LogP contribution in [0.2, 0.25) is 5.02 Å². The number of nitrogens with zero attached hydrogens (tertiary/aromatic N) is 2. The van der Waals surface area contributed by atoms with Crippen LogP contribution in [0.25, 0.3) is 0 Å². The van der Waals surface area contributed by atoms with Gasteiger partial charge in [0.05, 0.1) is 5.02 Å². The van der Waals surface area contributed by atoms with Gasteiger partial charge in [0.1, 0.15) is 11.9 Å². The first-order valence-electron chi connectivity index (χ1n) is 7.18. The minimum Gasteiger partial charge on any atom is -0.481 e. The molecule has 1 fully saturated rings. The molecule has 0 amide bonds. The molecule has 0 saturated heterocycles. The first-order valence-corrected chi connectivity index (χ1v) is 8.35. The van der Waals surface area contributed by atoms with Crippen LogP contribution in [0.4, 0.5) is 0 Å². The van der Waals surface area contributed by atoms with Gasteiger partial charge in [0.2, 0.25) is 5.82 Å². The van der Waals surface area contributed by atoms with Crippen LogP contribution >= 0.6 is 27.5 Å². The maximum atomic E-state index is 10.1. The molecular formula is C15H16BrClN2O3. The fourth-order valence-electron chi connectivity index (χ4n) is 2.30. The van der Waals surface area contributed by atoms with Crippen LogP contribution in [0.15, 0.2) is 27.2 Å². The maximum Gasteiger partial charge on any atom is 0.255 e. The highest BCUT2D eigenvalue weighted by atomic mass is 79.9. The van der Waals surface area contributed by atoms with Gasteiger partial charge in [-0.1, -0.05) is 39.1 Å². The van der Waals surface area contributed by atoms with Crippen molar-refractivity contribution in [3.63, 3.8) is 0 Å². The Bertz CT molecular complexity index is 660. The third kappa shape index (κ3) is 3.29.